The first-order chi connectivity index (χ1) is 17.9. The molecule has 1 unspecified atom stereocenters. The van der Waals surface area contributed by atoms with Crippen molar-refractivity contribution in [1.29, 1.82) is 0 Å². The second kappa shape index (κ2) is 11.2. The van der Waals surface area contributed by atoms with Crippen LogP contribution in [0.3, 0.4) is 0 Å². The standard InChI is InChI=1S/C28H28FNO7/c1-4-5-12-37-22-11-8-17(15-23(22)35-3)25-24(26(31)18-9-10-21(34-2)20(29)14-18)27(32)28(33)30(25)16-19-7-6-13-36-19/h6-11,13-15,25,31H,4-5,12,16H2,1-3H3/b26-24-. The molecule has 2 aromatic carbocycles. The van der Waals surface area contributed by atoms with Crippen LogP contribution in [0.4, 0.5) is 4.39 Å². The molecule has 1 aliphatic heterocycles. The number of amides is 1. The van der Waals surface area contributed by atoms with E-state index in [0.29, 0.717) is 29.4 Å². The van der Waals surface area contributed by atoms with Gasteiger partial charge in [-0.2, -0.15) is 0 Å². The van der Waals surface area contributed by atoms with E-state index in [1.807, 2.05) is 0 Å². The largest absolute Gasteiger partial charge is 0.507 e. The van der Waals surface area contributed by atoms with Crippen molar-refractivity contribution in [2.24, 2.45) is 0 Å². The average Bonchev–Trinajstić information content (AvgIpc) is 3.51. The molecule has 37 heavy (non-hydrogen) atoms. The van der Waals surface area contributed by atoms with E-state index in [1.54, 1.807) is 30.3 Å². The molecule has 0 bridgehead atoms. The molecular formula is C28H28FNO7. The van der Waals surface area contributed by atoms with Crippen LogP contribution in [0.1, 0.15) is 42.7 Å². The quantitative estimate of drug-likeness (QED) is 0.173. The van der Waals surface area contributed by atoms with Gasteiger partial charge in [0.05, 0.1) is 45.2 Å². The Morgan fingerprint density at radius 1 is 1.05 bits per heavy atom. The summed E-state index contributed by atoms with van der Waals surface area (Å²) >= 11 is 0. The third-order valence-electron chi connectivity index (χ3n) is 6.13. The third kappa shape index (κ3) is 5.16. The van der Waals surface area contributed by atoms with E-state index in [9.17, 15) is 19.1 Å². The number of nitrogens with zero attached hydrogens (tertiary/aromatic N) is 1. The molecular weight excluding hydrogens is 481 g/mol. The minimum Gasteiger partial charge on any atom is -0.507 e. The van der Waals surface area contributed by atoms with Crippen LogP contribution < -0.4 is 14.2 Å². The number of likely N-dealkylation sites (tertiary alicyclic amines) is 1. The lowest BCUT2D eigenvalue weighted by molar-refractivity contribution is -0.140. The Morgan fingerprint density at radius 3 is 2.46 bits per heavy atom. The maximum Gasteiger partial charge on any atom is 0.296 e. The van der Waals surface area contributed by atoms with E-state index >= 15 is 0 Å². The van der Waals surface area contributed by atoms with E-state index in [0.717, 1.165) is 18.9 Å². The summed E-state index contributed by atoms with van der Waals surface area (Å²) in [5.41, 5.74) is 0.356. The van der Waals surface area contributed by atoms with Crippen LogP contribution in [0.2, 0.25) is 0 Å². The molecule has 3 aromatic rings. The summed E-state index contributed by atoms with van der Waals surface area (Å²) in [4.78, 5) is 27.7. The summed E-state index contributed by atoms with van der Waals surface area (Å²) in [7, 11) is 2.81. The Morgan fingerprint density at radius 2 is 1.81 bits per heavy atom. The molecule has 9 heteroatoms. The lowest BCUT2D eigenvalue weighted by atomic mass is 9.95. The van der Waals surface area contributed by atoms with Gasteiger partial charge in [-0.25, -0.2) is 4.39 Å². The van der Waals surface area contributed by atoms with Crippen molar-refractivity contribution in [2.75, 3.05) is 20.8 Å². The summed E-state index contributed by atoms with van der Waals surface area (Å²) < 4.78 is 36.1. The van der Waals surface area contributed by atoms with Gasteiger partial charge in [-0.15, -0.1) is 0 Å². The monoisotopic (exact) mass is 509 g/mol. The minimum atomic E-state index is -0.992. The van der Waals surface area contributed by atoms with Crippen LogP contribution >= 0.6 is 0 Å². The summed E-state index contributed by atoms with van der Waals surface area (Å²) in [5.74, 6) is -1.58. The fraction of sp³-hybridized carbons (Fsp3) is 0.286. The zero-order valence-electron chi connectivity index (χ0n) is 20.8. The predicted molar refractivity (Wildman–Crippen MR) is 133 cm³/mol. The average molecular weight is 510 g/mol. The van der Waals surface area contributed by atoms with Gasteiger partial charge in [-0.3, -0.25) is 9.59 Å². The number of furan rings is 1. The van der Waals surface area contributed by atoms with E-state index < -0.39 is 29.3 Å². The van der Waals surface area contributed by atoms with E-state index in [4.69, 9.17) is 18.6 Å². The maximum atomic E-state index is 14.4. The molecule has 8 nitrogen and oxygen atoms in total. The molecule has 4 rings (SSSR count). The van der Waals surface area contributed by atoms with Crippen molar-refractivity contribution in [1.82, 2.24) is 4.90 Å². The minimum absolute atomic E-state index is 0.0187. The topological polar surface area (TPSA) is 98.4 Å². The zero-order valence-corrected chi connectivity index (χ0v) is 20.8. The van der Waals surface area contributed by atoms with Crippen molar-refractivity contribution in [3.63, 3.8) is 0 Å². The van der Waals surface area contributed by atoms with Crippen molar-refractivity contribution >= 4 is 17.4 Å². The number of hydrogen-bond acceptors (Lipinski definition) is 7. The smallest absolute Gasteiger partial charge is 0.296 e. The normalized spacial score (nSPS) is 16.8. The van der Waals surface area contributed by atoms with Crippen LogP contribution in [0, 0.1) is 5.82 Å². The number of aliphatic hydroxyl groups is 1. The number of halogens is 1. The Hall–Kier alpha value is -4.27. The van der Waals surface area contributed by atoms with Gasteiger partial charge in [-0.05, 0) is 54.4 Å². The Bertz CT molecular complexity index is 1320. The zero-order chi connectivity index (χ0) is 26.5. The highest BCUT2D eigenvalue weighted by Crippen LogP contribution is 2.43. The second-order valence-corrected chi connectivity index (χ2v) is 8.47. The number of unbranched alkanes of at least 4 members (excludes halogenated alkanes) is 1. The fourth-order valence-corrected chi connectivity index (χ4v) is 4.23. The lowest BCUT2D eigenvalue weighted by Gasteiger charge is -2.25. The molecule has 1 atom stereocenters. The fourth-order valence-electron chi connectivity index (χ4n) is 4.23. The van der Waals surface area contributed by atoms with Gasteiger partial charge in [0, 0.05) is 5.56 Å². The van der Waals surface area contributed by atoms with Crippen molar-refractivity contribution in [3.8, 4) is 17.2 Å². The summed E-state index contributed by atoms with van der Waals surface area (Å²) in [6.45, 7) is 2.54. The van der Waals surface area contributed by atoms with Gasteiger partial charge in [0.2, 0.25) is 0 Å². The first-order valence-electron chi connectivity index (χ1n) is 11.8. The first kappa shape index (κ1) is 25.8. The van der Waals surface area contributed by atoms with Crippen LogP contribution in [0.25, 0.3) is 5.76 Å². The van der Waals surface area contributed by atoms with Crippen LogP contribution in [0.5, 0.6) is 17.2 Å². The van der Waals surface area contributed by atoms with Crippen LogP contribution in [0.15, 0.2) is 64.8 Å². The molecule has 2 heterocycles. The number of ketones is 1. The number of ether oxygens (including phenoxy) is 3. The van der Waals surface area contributed by atoms with E-state index in [1.165, 1.54) is 37.5 Å². The van der Waals surface area contributed by atoms with Gasteiger partial charge in [0.15, 0.2) is 23.1 Å². The van der Waals surface area contributed by atoms with Gasteiger partial charge < -0.3 is 28.6 Å². The van der Waals surface area contributed by atoms with Gasteiger partial charge in [-0.1, -0.05) is 19.4 Å². The molecule has 1 aromatic heterocycles. The third-order valence-corrected chi connectivity index (χ3v) is 6.13. The molecule has 1 N–H and O–H groups in total. The highest BCUT2D eigenvalue weighted by molar-refractivity contribution is 6.46. The number of Topliss-reactive ketones (excluding diaryl/α,β-unsaturated/α-hetero) is 1. The molecule has 0 spiro atoms. The first-order valence-corrected chi connectivity index (χ1v) is 11.8. The summed E-state index contributed by atoms with van der Waals surface area (Å²) in [6, 6.07) is 11.2. The molecule has 0 saturated carbocycles. The predicted octanol–water partition coefficient (Wildman–Crippen LogP) is 5.24. The lowest BCUT2D eigenvalue weighted by Crippen LogP contribution is -2.29. The Kier molecular flexibility index (Phi) is 7.81. The van der Waals surface area contributed by atoms with Crippen molar-refractivity contribution in [3.05, 3.63) is 83.1 Å². The highest BCUT2D eigenvalue weighted by Gasteiger charge is 2.46. The van der Waals surface area contributed by atoms with Crippen LogP contribution in [-0.4, -0.2) is 42.5 Å². The van der Waals surface area contributed by atoms with E-state index in [2.05, 4.69) is 6.92 Å². The number of benzene rings is 2. The number of methoxy groups -OCH3 is 2. The number of rotatable bonds is 10. The Balaban J connectivity index is 1.83. The Labute approximate surface area is 213 Å². The SMILES string of the molecule is CCCCOc1ccc(C2/C(=C(/O)c3ccc(OC)c(F)c3)C(=O)C(=O)N2Cc2ccco2)cc1OC. The molecule has 1 amide bonds. The number of aliphatic hydroxyl groups excluding tert-OH is 1. The van der Waals surface area contributed by atoms with E-state index in [-0.39, 0.29) is 23.4 Å². The van der Waals surface area contributed by atoms with Gasteiger partial charge >= 0.3 is 0 Å². The molecule has 0 radical (unpaired) electrons. The second-order valence-electron chi connectivity index (χ2n) is 8.47. The number of hydrogen-bond donors (Lipinski definition) is 1. The number of carbonyl (C=O) groups excluding carboxylic acids is 2. The van der Waals surface area contributed by atoms with Crippen molar-refractivity contribution in [2.45, 2.75) is 32.4 Å². The van der Waals surface area contributed by atoms with Crippen LogP contribution in [-0.2, 0) is 16.1 Å². The number of carbonyl (C=O) groups is 2. The molecule has 1 aliphatic rings. The molecule has 1 fully saturated rings. The highest BCUT2D eigenvalue weighted by atomic mass is 19.1. The molecule has 194 valence electrons. The summed E-state index contributed by atoms with van der Waals surface area (Å²) in [6.07, 6.45) is 3.30. The van der Waals surface area contributed by atoms with Crippen molar-refractivity contribution < 1.29 is 37.7 Å². The summed E-state index contributed by atoms with van der Waals surface area (Å²) in [5, 5.41) is 11.2. The maximum absolute atomic E-state index is 14.4. The van der Waals surface area contributed by atoms with Gasteiger partial charge in [0.1, 0.15) is 11.5 Å². The van der Waals surface area contributed by atoms with Gasteiger partial charge in [0.25, 0.3) is 11.7 Å². The molecule has 1 saturated heterocycles. The molecule has 0 aliphatic carbocycles.